The molecule has 0 saturated heterocycles. The molecular formula is C12H10N3O5+. The highest BCUT2D eigenvalue weighted by atomic mass is 16.6. The highest BCUT2D eigenvalue weighted by molar-refractivity contribution is 5.62. The van der Waals surface area contributed by atoms with Gasteiger partial charge in [-0.1, -0.05) is 0 Å². The molecule has 0 aromatic heterocycles. The smallest absolute Gasteiger partial charge is 0.269 e. The fraction of sp³-hybridized carbons (Fsp3) is 0. The fourth-order valence-electron chi connectivity index (χ4n) is 1.60. The number of nitrogens with zero attached hydrogens (tertiary/aromatic N) is 3. The first-order chi connectivity index (χ1) is 9.49. The van der Waals surface area contributed by atoms with Crippen LogP contribution >= 0.6 is 0 Å². The highest BCUT2D eigenvalue weighted by Gasteiger charge is 2.14. The van der Waals surface area contributed by atoms with Crippen LogP contribution in [0.4, 0.5) is 22.7 Å². The van der Waals surface area contributed by atoms with E-state index in [9.17, 15) is 20.2 Å². The van der Waals surface area contributed by atoms with E-state index in [1.165, 1.54) is 48.5 Å². The predicted octanol–water partition coefficient (Wildman–Crippen LogP) is 2.28. The molecule has 0 aliphatic carbocycles. The lowest BCUT2D eigenvalue weighted by atomic mass is 10.2. The maximum absolute atomic E-state index is 10.5. The molecule has 2 rings (SSSR count). The minimum absolute atomic E-state index is 0.0640. The molecule has 20 heavy (non-hydrogen) atoms. The van der Waals surface area contributed by atoms with Gasteiger partial charge in [0, 0.05) is 24.3 Å². The number of benzene rings is 2. The summed E-state index contributed by atoms with van der Waals surface area (Å²) >= 11 is 0. The van der Waals surface area contributed by atoms with Gasteiger partial charge in [0.25, 0.3) is 11.4 Å². The normalized spacial score (nSPS) is 10.1. The van der Waals surface area contributed by atoms with E-state index in [-0.39, 0.29) is 11.4 Å². The molecule has 8 heteroatoms. The van der Waals surface area contributed by atoms with Crippen molar-refractivity contribution in [2.75, 3.05) is 5.06 Å². The molecule has 0 heterocycles. The van der Waals surface area contributed by atoms with Crippen LogP contribution in [0.5, 0.6) is 0 Å². The molecule has 0 saturated carbocycles. The summed E-state index contributed by atoms with van der Waals surface area (Å²) in [6, 6.07) is 10.9. The van der Waals surface area contributed by atoms with Gasteiger partial charge in [-0.2, -0.15) is 0 Å². The minimum Gasteiger partial charge on any atom is -0.306 e. The van der Waals surface area contributed by atoms with Crippen LogP contribution in [0.15, 0.2) is 48.5 Å². The molecule has 0 spiro atoms. The zero-order valence-corrected chi connectivity index (χ0v) is 10.1. The summed E-state index contributed by atoms with van der Waals surface area (Å²) in [5.41, 5.74) is 0.714. The summed E-state index contributed by atoms with van der Waals surface area (Å²) in [7, 11) is 0. The summed E-state index contributed by atoms with van der Waals surface area (Å²) in [5, 5.41) is 30.0. The zero-order chi connectivity index (χ0) is 14.7. The van der Waals surface area contributed by atoms with Crippen LogP contribution in [0.1, 0.15) is 0 Å². The van der Waals surface area contributed by atoms with Gasteiger partial charge < -0.3 is 5.21 Å². The third kappa shape index (κ3) is 2.70. The van der Waals surface area contributed by atoms with E-state index in [0.717, 1.165) is 5.06 Å². The van der Waals surface area contributed by atoms with Crippen LogP contribution in [0.25, 0.3) is 0 Å². The van der Waals surface area contributed by atoms with E-state index in [1.54, 1.807) is 0 Å². The largest absolute Gasteiger partial charge is 0.306 e. The van der Waals surface area contributed by atoms with Crippen LogP contribution in [-0.2, 0) is 0 Å². The average Bonchev–Trinajstić information content (AvgIpc) is 2.46. The molecule has 0 aliphatic rings. The molecule has 102 valence electrons. The van der Waals surface area contributed by atoms with E-state index >= 15 is 0 Å². The third-order valence-corrected chi connectivity index (χ3v) is 2.64. The van der Waals surface area contributed by atoms with Crippen molar-refractivity contribution in [1.82, 2.24) is 0 Å². The van der Waals surface area contributed by atoms with Crippen molar-refractivity contribution in [1.29, 1.82) is 0 Å². The van der Waals surface area contributed by atoms with Gasteiger partial charge in [-0.15, -0.1) is 5.06 Å². The number of nitro groups is 2. The SMILES string of the molecule is O=[N+]([O-])c1ccc(N([OH2+])c2ccc([N+](=O)[O-])cc2)cc1. The minimum atomic E-state index is -0.524. The van der Waals surface area contributed by atoms with Gasteiger partial charge in [0.05, 0.1) is 9.85 Å². The number of nitro benzene ring substituents is 2. The van der Waals surface area contributed by atoms with Crippen molar-refractivity contribution in [3.63, 3.8) is 0 Å². The average molecular weight is 276 g/mol. The first kappa shape index (κ1) is 13.4. The quantitative estimate of drug-likeness (QED) is 0.483. The third-order valence-electron chi connectivity index (χ3n) is 2.64. The second-order valence-corrected chi connectivity index (χ2v) is 3.88. The Bertz CT molecular complexity index is 582. The predicted molar refractivity (Wildman–Crippen MR) is 71.9 cm³/mol. The maximum Gasteiger partial charge on any atom is 0.269 e. The second-order valence-electron chi connectivity index (χ2n) is 3.88. The van der Waals surface area contributed by atoms with E-state index in [0.29, 0.717) is 11.4 Å². The molecule has 8 nitrogen and oxygen atoms in total. The molecule has 0 atom stereocenters. The Kier molecular flexibility index (Phi) is 3.58. The highest BCUT2D eigenvalue weighted by Crippen LogP contribution is 2.26. The summed E-state index contributed by atoms with van der Waals surface area (Å²) in [4.78, 5) is 20.0. The lowest BCUT2D eigenvalue weighted by Crippen LogP contribution is -2.10. The van der Waals surface area contributed by atoms with Gasteiger partial charge in [0.2, 0.25) is 0 Å². The Labute approximate surface area is 112 Å². The maximum atomic E-state index is 10.5. The summed E-state index contributed by atoms with van der Waals surface area (Å²) in [6.45, 7) is 0. The Hall–Kier alpha value is -3.00. The van der Waals surface area contributed by atoms with E-state index in [4.69, 9.17) is 5.21 Å². The van der Waals surface area contributed by atoms with E-state index in [1.807, 2.05) is 0 Å². The van der Waals surface area contributed by atoms with Gasteiger partial charge in [0.15, 0.2) is 0 Å². The van der Waals surface area contributed by atoms with Gasteiger partial charge in [-0.25, -0.2) is 0 Å². The first-order valence-corrected chi connectivity index (χ1v) is 5.49. The Morgan fingerprint density at radius 2 is 1.05 bits per heavy atom. The van der Waals surface area contributed by atoms with E-state index < -0.39 is 9.85 Å². The van der Waals surface area contributed by atoms with Crippen molar-refractivity contribution in [2.24, 2.45) is 0 Å². The second kappa shape index (κ2) is 5.33. The molecule has 2 N–H and O–H groups in total. The standard InChI is InChI=1S/C12H9N3O5/c16-13(9-1-5-11(6-2-9)14(17)18)10-3-7-12(8-4-10)15(19)20/h1-8,16H/p+1. The van der Waals surface area contributed by atoms with Crippen LogP contribution in [0.2, 0.25) is 0 Å². The van der Waals surface area contributed by atoms with Crippen molar-refractivity contribution in [3.05, 3.63) is 68.8 Å². The van der Waals surface area contributed by atoms with Crippen LogP contribution in [0, 0.1) is 20.2 Å². The van der Waals surface area contributed by atoms with Crippen LogP contribution < -0.4 is 5.06 Å². The van der Waals surface area contributed by atoms with Gasteiger partial charge in [-0.3, -0.25) is 20.2 Å². The van der Waals surface area contributed by atoms with Crippen molar-refractivity contribution < 1.29 is 15.1 Å². The van der Waals surface area contributed by atoms with Gasteiger partial charge in [0.1, 0.15) is 11.4 Å². The number of anilines is 2. The molecule has 0 unspecified atom stereocenters. The summed E-state index contributed by atoms with van der Waals surface area (Å²) in [6.07, 6.45) is 0. The van der Waals surface area contributed by atoms with Crippen molar-refractivity contribution in [3.8, 4) is 0 Å². The molecule has 0 radical (unpaired) electrons. The monoisotopic (exact) mass is 276 g/mol. The van der Waals surface area contributed by atoms with E-state index in [2.05, 4.69) is 0 Å². The molecule has 0 bridgehead atoms. The van der Waals surface area contributed by atoms with Crippen molar-refractivity contribution >= 4 is 22.7 Å². The molecule has 0 amide bonds. The number of non-ortho nitro benzene ring substituents is 2. The lowest BCUT2D eigenvalue weighted by molar-refractivity contribution is -0.385. The molecule has 2 aromatic carbocycles. The summed E-state index contributed by atoms with van der Waals surface area (Å²) < 4.78 is 0. The molecule has 2 aromatic rings. The number of rotatable bonds is 4. The van der Waals surface area contributed by atoms with Crippen LogP contribution in [0.3, 0.4) is 0 Å². The fourth-order valence-corrected chi connectivity index (χ4v) is 1.60. The Balaban J connectivity index is 2.24. The Morgan fingerprint density at radius 1 is 0.750 bits per heavy atom. The molecule has 0 fully saturated rings. The topological polar surface area (TPSA) is 112 Å². The zero-order valence-electron chi connectivity index (χ0n) is 10.1. The lowest BCUT2D eigenvalue weighted by Gasteiger charge is -2.11. The number of hydrogen-bond donors (Lipinski definition) is 0. The van der Waals surface area contributed by atoms with Gasteiger partial charge >= 0.3 is 0 Å². The number of hydrogen-bond acceptors (Lipinski definition) is 5. The van der Waals surface area contributed by atoms with Gasteiger partial charge in [-0.05, 0) is 24.3 Å². The molecule has 0 aliphatic heterocycles. The summed E-state index contributed by atoms with van der Waals surface area (Å²) in [5.74, 6) is 0. The first-order valence-electron chi connectivity index (χ1n) is 5.49. The van der Waals surface area contributed by atoms with Crippen LogP contribution in [-0.4, -0.2) is 15.1 Å². The molecular weight excluding hydrogens is 266 g/mol. The Morgan fingerprint density at radius 3 is 1.30 bits per heavy atom. The van der Waals surface area contributed by atoms with Crippen molar-refractivity contribution in [2.45, 2.75) is 0 Å².